The second-order valence-corrected chi connectivity index (χ2v) is 5.30. The first kappa shape index (κ1) is 16.1. The van der Waals surface area contributed by atoms with Crippen molar-refractivity contribution in [2.75, 3.05) is 32.7 Å². The first-order valence-electron chi connectivity index (χ1n) is 6.98. The normalized spacial score (nSPS) is 30.3. The summed E-state index contributed by atoms with van der Waals surface area (Å²) in [4.78, 5) is 15.3. The van der Waals surface area contributed by atoms with E-state index in [0.29, 0.717) is 0 Å². The van der Waals surface area contributed by atoms with Crippen LogP contribution in [0.1, 0.15) is 32.6 Å². The van der Waals surface area contributed by atoms with Gasteiger partial charge in [-0.1, -0.05) is 5.92 Å². The summed E-state index contributed by atoms with van der Waals surface area (Å²) in [5.41, 5.74) is -0.654. The molecule has 108 valence electrons. The highest BCUT2D eigenvalue weighted by molar-refractivity contribution is 5.69. The third-order valence-electron chi connectivity index (χ3n) is 4.17. The van der Waals surface area contributed by atoms with Gasteiger partial charge in [0.15, 0.2) is 5.60 Å². The zero-order valence-electron chi connectivity index (χ0n) is 11.6. The van der Waals surface area contributed by atoms with E-state index in [1.54, 1.807) is 4.90 Å². The van der Waals surface area contributed by atoms with Gasteiger partial charge in [-0.05, 0) is 19.8 Å². The molecule has 0 aromatic rings. The van der Waals surface area contributed by atoms with Gasteiger partial charge < -0.3 is 26.9 Å². The molecule has 0 aliphatic carbocycles. The molecule has 0 aromatic carbocycles. The summed E-state index contributed by atoms with van der Waals surface area (Å²) >= 11 is 0. The summed E-state index contributed by atoms with van der Waals surface area (Å²) in [5.74, 6) is 2.73. The largest absolute Gasteiger partial charge is 1.00 e. The van der Waals surface area contributed by atoms with Gasteiger partial charge in [-0.25, -0.2) is 4.79 Å². The lowest BCUT2D eigenvalue weighted by molar-refractivity contribution is -0.905. The first-order valence-corrected chi connectivity index (χ1v) is 6.98. The number of hydrogen-bond acceptors (Lipinski definition) is 2. The topological polar surface area (TPSA) is 34.0 Å². The molecule has 0 spiro atoms. The number of rotatable bonds is 2. The number of piperidine rings is 1. The predicted molar refractivity (Wildman–Crippen MR) is 69.3 cm³/mol. The lowest BCUT2D eigenvalue weighted by Crippen LogP contribution is -3.13. The van der Waals surface area contributed by atoms with Gasteiger partial charge in [0.05, 0.1) is 19.6 Å². The number of quaternary nitrogens is 1. The molecule has 2 fully saturated rings. The Hall–Kier alpha value is -0.920. The molecule has 0 saturated carbocycles. The molecule has 0 unspecified atom stereocenters. The van der Waals surface area contributed by atoms with E-state index in [1.165, 1.54) is 4.90 Å². The third kappa shape index (κ3) is 3.77. The van der Waals surface area contributed by atoms with E-state index in [4.69, 9.17) is 11.2 Å². The second kappa shape index (κ2) is 7.02. The fraction of sp³-hybridized carbons (Fsp3) is 0.786. The Morgan fingerprint density at radius 1 is 1.37 bits per heavy atom. The van der Waals surface area contributed by atoms with Gasteiger partial charge in [-0.2, -0.15) is 0 Å². The second-order valence-electron chi connectivity index (χ2n) is 5.30. The van der Waals surface area contributed by atoms with Crippen LogP contribution >= 0.6 is 0 Å². The van der Waals surface area contributed by atoms with Gasteiger partial charge in [0.2, 0.25) is 0 Å². The summed E-state index contributed by atoms with van der Waals surface area (Å²) in [5, 5.41) is 0. The molecule has 0 bridgehead atoms. The van der Waals surface area contributed by atoms with E-state index in [0.717, 1.165) is 58.4 Å². The third-order valence-corrected chi connectivity index (χ3v) is 4.17. The minimum atomic E-state index is -0.654. The zero-order valence-corrected chi connectivity index (χ0v) is 12.3. The Bertz CT molecular complexity index is 340. The van der Waals surface area contributed by atoms with Crippen molar-refractivity contribution in [3.8, 4) is 12.3 Å². The predicted octanol–water partition coefficient (Wildman–Crippen LogP) is -2.71. The number of carbonyl (C=O) groups excluding carboxylic acids is 1. The van der Waals surface area contributed by atoms with Crippen molar-refractivity contribution in [2.45, 2.75) is 38.2 Å². The van der Waals surface area contributed by atoms with Gasteiger partial charge in [-0.15, -0.1) is 6.42 Å². The van der Waals surface area contributed by atoms with E-state index in [9.17, 15) is 4.79 Å². The highest BCUT2D eigenvalue weighted by atomic mass is 35.5. The molecule has 1 amide bonds. The molecule has 0 radical (unpaired) electrons. The number of halogens is 1. The molecule has 1 N–H and O–H groups in total. The fourth-order valence-electron chi connectivity index (χ4n) is 2.77. The van der Waals surface area contributed by atoms with Crippen molar-refractivity contribution in [3.05, 3.63) is 0 Å². The Balaban J connectivity index is 0.00000180. The number of likely N-dealkylation sites (tertiary alicyclic amines) is 2. The Kier molecular flexibility index (Phi) is 5.96. The Morgan fingerprint density at radius 3 is 2.42 bits per heavy atom. The van der Waals surface area contributed by atoms with Crippen LogP contribution in [0, 0.1) is 12.3 Å². The maximum absolute atomic E-state index is 12.0. The minimum Gasteiger partial charge on any atom is -1.00 e. The number of hydrogen-bond donors (Lipinski definition) is 1. The molecular weight excluding hydrogens is 264 g/mol. The first-order chi connectivity index (χ1) is 8.69. The van der Waals surface area contributed by atoms with Crippen molar-refractivity contribution in [1.29, 1.82) is 0 Å². The highest BCUT2D eigenvalue weighted by Crippen LogP contribution is 2.23. The molecule has 0 aromatic heterocycles. The zero-order chi connectivity index (χ0) is 13.0. The van der Waals surface area contributed by atoms with E-state index in [-0.39, 0.29) is 18.5 Å². The van der Waals surface area contributed by atoms with Crippen molar-refractivity contribution < 1.29 is 26.8 Å². The van der Waals surface area contributed by atoms with Crippen molar-refractivity contribution in [1.82, 2.24) is 4.90 Å². The fourth-order valence-corrected chi connectivity index (χ4v) is 2.77. The van der Waals surface area contributed by atoms with Crippen LogP contribution in [0.5, 0.6) is 0 Å². The molecule has 2 aliphatic heterocycles. The maximum Gasteiger partial charge on any atom is 0.411 e. The summed E-state index contributed by atoms with van der Waals surface area (Å²) in [6, 6.07) is 0. The Labute approximate surface area is 121 Å². The molecule has 2 heterocycles. The average molecular weight is 287 g/mol. The van der Waals surface area contributed by atoms with Crippen molar-refractivity contribution in [3.63, 3.8) is 0 Å². The summed E-state index contributed by atoms with van der Waals surface area (Å²) in [6.45, 7) is 6.90. The molecule has 4 nitrogen and oxygen atoms in total. The summed E-state index contributed by atoms with van der Waals surface area (Å²) in [6.07, 6.45) is 9.12. The standard InChI is InChI=1S/C14H22N2O2.ClH/c1-3-14(7-11-15(4-2)12-8-14)18-13(17)16-9-5-6-10-16;/h1H,4-12H2,2H3;1H. The number of carbonyl (C=O) groups is 1. The molecule has 0 atom stereocenters. The average Bonchev–Trinajstić information content (AvgIpc) is 2.93. The van der Waals surface area contributed by atoms with Crippen LogP contribution in [0.2, 0.25) is 0 Å². The molecular formula is C14H23ClN2O2. The van der Waals surface area contributed by atoms with Crippen LogP contribution in [0.3, 0.4) is 0 Å². The van der Waals surface area contributed by atoms with Crippen molar-refractivity contribution >= 4 is 6.09 Å². The van der Waals surface area contributed by atoms with E-state index in [1.807, 2.05) is 0 Å². The molecule has 5 heteroatoms. The van der Waals surface area contributed by atoms with E-state index >= 15 is 0 Å². The lowest BCUT2D eigenvalue weighted by Gasteiger charge is -2.36. The quantitative estimate of drug-likeness (QED) is 0.561. The number of nitrogens with one attached hydrogen (secondary N) is 1. The molecule has 2 saturated heterocycles. The minimum absolute atomic E-state index is 0. The van der Waals surface area contributed by atoms with Gasteiger partial charge >= 0.3 is 6.09 Å². The molecule has 19 heavy (non-hydrogen) atoms. The van der Waals surface area contributed by atoms with Gasteiger partial charge in [0, 0.05) is 25.9 Å². The number of amides is 1. The smallest absolute Gasteiger partial charge is 0.411 e. The van der Waals surface area contributed by atoms with Crippen LogP contribution in [-0.4, -0.2) is 49.3 Å². The Morgan fingerprint density at radius 2 is 1.95 bits per heavy atom. The summed E-state index contributed by atoms with van der Waals surface area (Å²) < 4.78 is 5.64. The van der Waals surface area contributed by atoms with Crippen LogP contribution in [0.15, 0.2) is 0 Å². The number of nitrogens with zero attached hydrogens (tertiary/aromatic N) is 1. The van der Waals surface area contributed by atoms with E-state index in [2.05, 4.69) is 12.8 Å². The van der Waals surface area contributed by atoms with Crippen LogP contribution in [-0.2, 0) is 4.74 Å². The highest BCUT2D eigenvalue weighted by Gasteiger charge is 2.39. The van der Waals surface area contributed by atoms with Crippen molar-refractivity contribution in [2.24, 2.45) is 0 Å². The van der Waals surface area contributed by atoms with Gasteiger partial charge in [0.25, 0.3) is 0 Å². The molecule has 2 rings (SSSR count). The number of terminal acetylenes is 1. The monoisotopic (exact) mass is 286 g/mol. The van der Waals surface area contributed by atoms with Gasteiger partial charge in [0.1, 0.15) is 0 Å². The lowest BCUT2D eigenvalue weighted by atomic mass is 9.92. The van der Waals surface area contributed by atoms with Gasteiger partial charge in [-0.3, -0.25) is 0 Å². The van der Waals surface area contributed by atoms with Crippen LogP contribution in [0.4, 0.5) is 4.79 Å². The van der Waals surface area contributed by atoms with Crippen LogP contribution in [0.25, 0.3) is 0 Å². The molecule has 2 aliphatic rings. The maximum atomic E-state index is 12.0. The summed E-state index contributed by atoms with van der Waals surface area (Å²) in [7, 11) is 0. The number of ether oxygens (including phenoxy) is 1. The van der Waals surface area contributed by atoms with E-state index < -0.39 is 5.60 Å². The SMILES string of the molecule is C#CC1(OC(=O)N2CCCC2)CC[NH+](CC)CC1.[Cl-]. The van der Waals surface area contributed by atoms with Crippen LogP contribution < -0.4 is 17.3 Å².